The summed E-state index contributed by atoms with van der Waals surface area (Å²) in [5.74, 6) is 0.300. The zero-order chi connectivity index (χ0) is 20.4. The first-order chi connectivity index (χ1) is 13.9. The van der Waals surface area contributed by atoms with E-state index >= 15 is 0 Å². The number of hydrogen-bond acceptors (Lipinski definition) is 4. The van der Waals surface area contributed by atoms with Crippen LogP contribution < -0.4 is 10.1 Å². The van der Waals surface area contributed by atoms with Crippen LogP contribution in [0.3, 0.4) is 0 Å². The standard InChI is InChI=1S/C21H17F3N2O2S/c22-21(23,24)16-6-3-4-13(8-16)9-17-11-25-20(29-17)26-19(27)15-10-14-5-1-2-7-18(14)28-12-15/h1-8,11,15H,9-10,12H2,(H,25,26,27). The molecule has 1 atom stereocenters. The summed E-state index contributed by atoms with van der Waals surface area (Å²) in [5, 5.41) is 3.22. The van der Waals surface area contributed by atoms with Gasteiger partial charge in [0.05, 0.1) is 11.5 Å². The number of amides is 1. The van der Waals surface area contributed by atoms with Crippen LogP contribution in [-0.4, -0.2) is 17.5 Å². The lowest BCUT2D eigenvalue weighted by molar-refractivity contribution is -0.137. The predicted octanol–water partition coefficient (Wildman–Crippen LogP) is 4.94. The largest absolute Gasteiger partial charge is 0.492 e. The van der Waals surface area contributed by atoms with E-state index in [0.29, 0.717) is 30.1 Å². The average Bonchev–Trinajstić information content (AvgIpc) is 3.13. The van der Waals surface area contributed by atoms with E-state index in [1.54, 1.807) is 12.3 Å². The van der Waals surface area contributed by atoms with Crippen LogP contribution in [0, 0.1) is 5.92 Å². The highest BCUT2D eigenvalue weighted by molar-refractivity contribution is 7.15. The van der Waals surface area contributed by atoms with Gasteiger partial charge in [-0.3, -0.25) is 4.79 Å². The smallest absolute Gasteiger partial charge is 0.416 e. The Morgan fingerprint density at radius 2 is 2.03 bits per heavy atom. The van der Waals surface area contributed by atoms with Crippen LogP contribution in [0.2, 0.25) is 0 Å². The summed E-state index contributed by atoms with van der Waals surface area (Å²) in [5.41, 5.74) is 0.854. The number of para-hydroxylation sites is 1. The van der Waals surface area contributed by atoms with E-state index in [1.807, 2.05) is 24.3 Å². The molecule has 0 fully saturated rings. The van der Waals surface area contributed by atoms with E-state index < -0.39 is 11.7 Å². The molecule has 0 saturated heterocycles. The lowest BCUT2D eigenvalue weighted by Gasteiger charge is -2.24. The van der Waals surface area contributed by atoms with Crippen molar-refractivity contribution in [1.82, 2.24) is 4.98 Å². The number of ether oxygens (including phenoxy) is 1. The first kappa shape index (κ1) is 19.4. The zero-order valence-electron chi connectivity index (χ0n) is 15.2. The number of carbonyl (C=O) groups excluding carboxylic acids is 1. The number of carbonyl (C=O) groups is 1. The molecule has 0 aliphatic carbocycles. The van der Waals surface area contributed by atoms with Crippen molar-refractivity contribution in [3.05, 3.63) is 76.3 Å². The summed E-state index contributed by atoms with van der Waals surface area (Å²) in [6, 6.07) is 12.8. The van der Waals surface area contributed by atoms with Gasteiger partial charge in [-0.1, -0.05) is 36.4 Å². The Morgan fingerprint density at radius 1 is 1.21 bits per heavy atom. The van der Waals surface area contributed by atoms with Crippen molar-refractivity contribution in [2.45, 2.75) is 19.0 Å². The second-order valence-corrected chi connectivity index (χ2v) is 7.93. The molecule has 1 unspecified atom stereocenters. The highest BCUT2D eigenvalue weighted by Gasteiger charge is 2.30. The van der Waals surface area contributed by atoms with Gasteiger partial charge in [0, 0.05) is 17.5 Å². The van der Waals surface area contributed by atoms with Gasteiger partial charge in [0.25, 0.3) is 0 Å². The van der Waals surface area contributed by atoms with Crippen molar-refractivity contribution in [2.75, 3.05) is 11.9 Å². The normalized spacial score (nSPS) is 16.0. The van der Waals surface area contributed by atoms with Crippen LogP contribution >= 0.6 is 11.3 Å². The van der Waals surface area contributed by atoms with Crippen LogP contribution in [0.15, 0.2) is 54.7 Å². The Morgan fingerprint density at radius 3 is 2.86 bits per heavy atom. The highest BCUT2D eigenvalue weighted by atomic mass is 32.1. The van der Waals surface area contributed by atoms with E-state index in [9.17, 15) is 18.0 Å². The van der Waals surface area contributed by atoms with Gasteiger partial charge >= 0.3 is 6.18 Å². The minimum absolute atomic E-state index is 0.181. The molecule has 1 aliphatic heterocycles. The van der Waals surface area contributed by atoms with Crippen molar-refractivity contribution in [2.24, 2.45) is 5.92 Å². The molecular weight excluding hydrogens is 401 g/mol. The molecule has 2 heterocycles. The average molecular weight is 418 g/mol. The number of aromatic nitrogens is 1. The Labute approximate surface area is 169 Å². The van der Waals surface area contributed by atoms with Crippen LogP contribution in [0.4, 0.5) is 18.3 Å². The van der Waals surface area contributed by atoms with Gasteiger partial charge in [0.15, 0.2) is 5.13 Å². The second-order valence-electron chi connectivity index (χ2n) is 6.82. The van der Waals surface area contributed by atoms with Crippen LogP contribution in [-0.2, 0) is 23.8 Å². The van der Waals surface area contributed by atoms with Crippen LogP contribution in [0.1, 0.15) is 21.6 Å². The number of nitrogens with zero attached hydrogens (tertiary/aromatic N) is 1. The number of fused-ring (bicyclic) bond motifs is 1. The minimum atomic E-state index is -4.37. The highest BCUT2D eigenvalue weighted by Crippen LogP contribution is 2.31. The van der Waals surface area contributed by atoms with Crippen molar-refractivity contribution >= 4 is 22.4 Å². The second kappa shape index (κ2) is 7.87. The fourth-order valence-corrected chi connectivity index (χ4v) is 4.06. The molecule has 29 heavy (non-hydrogen) atoms. The lowest BCUT2D eigenvalue weighted by Crippen LogP contribution is -2.32. The SMILES string of the molecule is O=C(Nc1ncc(Cc2cccc(C(F)(F)F)c2)s1)C1COc2ccccc2C1. The van der Waals surface area contributed by atoms with Crippen molar-refractivity contribution in [3.8, 4) is 5.75 Å². The molecule has 4 nitrogen and oxygen atoms in total. The molecule has 0 radical (unpaired) electrons. The molecule has 1 amide bonds. The van der Waals surface area contributed by atoms with E-state index in [-0.39, 0.29) is 11.8 Å². The van der Waals surface area contributed by atoms with Crippen molar-refractivity contribution in [3.63, 3.8) is 0 Å². The maximum absolute atomic E-state index is 12.9. The third-order valence-corrected chi connectivity index (χ3v) is 5.58. The summed E-state index contributed by atoms with van der Waals surface area (Å²) in [4.78, 5) is 17.5. The maximum Gasteiger partial charge on any atom is 0.416 e. The molecule has 0 spiro atoms. The molecule has 1 aliphatic rings. The number of thiazole rings is 1. The number of halogens is 3. The molecule has 3 aromatic rings. The Hall–Kier alpha value is -2.87. The number of rotatable bonds is 4. The Balaban J connectivity index is 1.39. The van der Waals surface area contributed by atoms with Gasteiger partial charge in [0.1, 0.15) is 12.4 Å². The first-order valence-electron chi connectivity index (χ1n) is 9.01. The lowest BCUT2D eigenvalue weighted by atomic mass is 9.96. The molecule has 0 saturated carbocycles. The van der Waals surface area contributed by atoms with Crippen molar-refractivity contribution in [1.29, 1.82) is 0 Å². The third-order valence-electron chi connectivity index (χ3n) is 4.67. The summed E-state index contributed by atoms with van der Waals surface area (Å²) >= 11 is 1.25. The van der Waals surface area contributed by atoms with Gasteiger partial charge in [-0.2, -0.15) is 13.2 Å². The fourth-order valence-electron chi connectivity index (χ4n) is 3.21. The summed E-state index contributed by atoms with van der Waals surface area (Å²) in [6.45, 7) is 0.297. The topological polar surface area (TPSA) is 51.2 Å². The summed E-state index contributed by atoms with van der Waals surface area (Å²) < 4.78 is 44.2. The van der Waals surface area contributed by atoms with E-state index in [0.717, 1.165) is 28.3 Å². The van der Waals surface area contributed by atoms with E-state index in [4.69, 9.17) is 4.74 Å². The van der Waals surface area contributed by atoms with Crippen molar-refractivity contribution < 1.29 is 22.7 Å². The van der Waals surface area contributed by atoms with E-state index in [1.165, 1.54) is 17.4 Å². The molecular formula is C21H17F3N2O2S. The maximum atomic E-state index is 12.9. The van der Waals surface area contributed by atoms with Gasteiger partial charge in [-0.15, -0.1) is 11.3 Å². The van der Waals surface area contributed by atoms with Crippen LogP contribution in [0.5, 0.6) is 5.75 Å². The number of benzene rings is 2. The molecule has 1 N–H and O–H groups in total. The molecule has 4 rings (SSSR count). The van der Waals surface area contributed by atoms with Crippen LogP contribution in [0.25, 0.3) is 0 Å². The Kier molecular flexibility index (Phi) is 5.27. The molecule has 0 bridgehead atoms. The Bertz CT molecular complexity index is 1030. The number of hydrogen-bond donors (Lipinski definition) is 1. The number of alkyl halides is 3. The molecule has 2 aromatic carbocycles. The number of nitrogens with one attached hydrogen (secondary N) is 1. The summed E-state index contributed by atoms with van der Waals surface area (Å²) in [7, 11) is 0. The fraction of sp³-hybridized carbons (Fsp3) is 0.238. The van der Waals surface area contributed by atoms with Gasteiger partial charge < -0.3 is 10.1 Å². The first-order valence-corrected chi connectivity index (χ1v) is 9.82. The monoisotopic (exact) mass is 418 g/mol. The van der Waals surface area contributed by atoms with Gasteiger partial charge in [-0.25, -0.2) is 4.98 Å². The quantitative estimate of drug-likeness (QED) is 0.653. The van der Waals surface area contributed by atoms with Gasteiger partial charge in [-0.05, 0) is 29.7 Å². The minimum Gasteiger partial charge on any atom is -0.492 e. The third kappa shape index (κ3) is 4.59. The molecule has 150 valence electrons. The summed E-state index contributed by atoms with van der Waals surface area (Å²) in [6.07, 6.45) is -1.89. The molecule has 8 heteroatoms. The van der Waals surface area contributed by atoms with E-state index in [2.05, 4.69) is 10.3 Å². The zero-order valence-corrected chi connectivity index (χ0v) is 16.0. The van der Waals surface area contributed by atoms with Gasteiger partial charge in [0.2, 0.25) is 5.91 Å². The predicted molar refractivity (Wildman–Crippen MR) is 104 cm³/mol. The number of anilines is 1. The molecule has 1 aromatic heterocycles.